The van der Waals surface area contributed by atoms with Crippen LogP contribution in [0.25, 0.3) is 0 Å². The van der Waals surface area contributed by atoms with Crippen LogP contribution in [0.1, 0.15) is 213 Å². The van der Waals surface area contributed by atoms with E-state index in [1.165, 1.54) is 135 Å². The molecule has 284 valence electrons. The molecule has 1 amide bonds. The van der Waals surface area contributed by atoms with Gasteiger partial charge in [0.05, 0.1) is 17.9 Å². The quantitative estimate of drug-likeness (QED) is 0.0340. The standard InChI is InChI=1S/C41H79NO5S/c1-3-5-7-9-11-13-15-17-19-21-22-24-26-28-30-32-34-36-40(43)39(38-48(45,46)47)42-41(44)37-35-33-31-29-27-25-23-20-18-16-14-12-10-8-6-4-2/h20,23,34,36,39-40,43H,3-19,21-22,24-33,35,37-38H2,1-2H3,(H,42,44)(H,45,46,47)/b23-20-,36-34+. The maximum absolute atomic E-state index is 12.5. The van der Waals surface area contributed by atoms with Crippen LogP contribution in [0.15, 0.2) is 24.3 Å². The van der Waals surface area contributed by atoms with Gasteiger partial charge in [0.2, 0.25) is 5.91 Å². The minimum Gasteiger partial charge on any atom is -0.387 e. The van der Waals surface area contributed by atoms with Gasteiger partial charge in [0.25, 0.3) is 10.1 Å². The summed E-state index contributed by atoms with van der Waals surface area (Å²) in [6.45, 7) is 4.52. The largest absolute Gasteiger partial charge is 0.387 e. The molecule has 2 atom stereocenters. The van der Waals surface area contributed by atoms with E-state index in [0.29, 0.717) is 0 Å². The lowest BCUT2D eigenvalue weighted by molar-refractivity contribution is -0.122. The Bertz CT molecular complexity index is 857. The van der Waals surface area contributed by atoms with Crippen LogP contribution in [0.4, 0.5) is 0 Å². The van der Waals surface area contributed by atoms with Crippen molar-refractivity contribution >= 4 is 16.0 Å². The maximum Gasteiger partial charge on any atom is 0.267 e. The van der Waals surface area contributed by atoms with E-state index in [-0.39, 0.29) is 12.3 Å². The number of carbonyl (C=O) groups excluding carboxylic acids is 1. The highest BCUT2D eigenvalue weighted by Gasteiger charge is 2.24. The molecule has 0 radical (unpaired) electrons. The van der Waals surface area contributed by atoms with Crippen molar-refractivity contribution in [2.75, 3.05) is 5.75 Å². The lowest BCUT2D eigenvalue weighted by Gasteiger charge is -2.21. The lowest BCUT2D eigenvalue weighted by Crippen LogP contribution is -2.46. The number of carbonyl (C=O) groups is 1. The lowest BCUT2D eigenvalue weighted by atomic mass is 10.0. The predicted molar refractivity (Wildman–Crippen MR) is 207 cm³/mol. The molecule has 6 nitrogen and oxygen atoms in total. The molecule has 0 saturated carbocycles. The van der Waals surface area contributed by atoms with Crippen molar-refractivity contribution in [2.45, 2.75) is 225 Å². The average Bonchev–Trinajstić information content (AvgIpc) is 3.05. The van der Waals surface area contributed by atoms with E-state index in [2.05, 4.69) is 31.3 Å². The third-order valence-electron chi connectivity index (χ3n) is 9.37. The van der Waals surface area contributed by atoms with Crippen LogP contribution in [0.3, 0.4) is 0 Å². The number of nitrogens with one attached hydrogen (secondary N) is 1. The summed E-state index contributed by atoms with van der Waals surface area (Å²) in [5.74, 6) is -0.984. The molecular weight excluding hydrogens is 619 g/mol. The first kappa shape index (κ1) is 46.8. The summed E-state index contributed by atoms with van der Waals surface area (Å²) in [6.07, 6.45) is 44.4. The Kier molecular flexibility index (Phi) is 34.8. The number of hydrogen-bond acceptors (Lipinski definition) is 4. The minimum absolute atomic E-state index is 0.285. The molecular formula is C41H79NO5S. The van der Waals surface area contributed by atoms with Crippen molar-refractivity contribution in [1.82, 2.24) is 5.32 Å². The summed E-state index contributed by atoms with van der Waals surface area (Å²) < 4.78 is 32.5. The minimum atomic E-state index is -4.34. The van der Waals surface area contributed by atoms with Gasteiger partial charge in [-0.2, -0.15) is 8.42 Å². The summed E-state index contributed by atoms with van der Waals surface area (Å²) in [7, 11) is -4.34. The third kappa shape index (κ3) is 36.1. The Morgan fingerprint density at radius 1 is 0.542 bits per heavy atom. The van der Waals surface area contributed by atoms with Crippen molar-refractivity contribution < 1.29 is 22.9 Å². The Hall–Kier alpha value is -1.18. The Balaban J connectivity index is 3.93. The fraction of sp³-hybridized carbons (Fsp3) is 0.878. The molecule has 0 aromatic rings. The monoisotopic (exact) mass is 698 g/mol. The van der Waals surface area contributed by atoms with E-state index in [4.69, 9.17) is 0 Å². The van der Waals surface area contributed by atoms with Crippen LogP contribution in [0.2, 0.25) is 0 Å². The maximum atomic E-state index is 12.5. The van der Waals surface area contributed by atoms with Crippen LogP contribution in [-0.4, -0.2) is 41.9 Å². The number of allylic oxidation sites excluding steroid dienone is 3. The third-order valence-corrected chi connectivity index (χ3v) is 10.2. The highest BCUT2D eigenvalue weighted by molar-refractivity contribution is 7.85. The van der Waals surface area contributed by atoms with Gasteiger partial charge in [-0.3, -0.25) is 9.35 Å². The van der Waals surface area contributed by atoms with Crippen molar-refractivity contribution in [2.24, 2.45) is 0 Å². The van der Waals surface area contributed by atoms with E-state index in [0.717, 1.165) is 57.8 Å². The molecule has 0 aliphatic heterocycles. The second-order valence-corrected chi connectivity index (χ2v) is 15.8. The van der Waals surface area contributed by atoms with Gasteiger partial charge >= 0.3 is 0 Å². The Morgan fingerprint density at radius 2 is 0.875 bits per heavy atom. The molecule has 0 aliphatic rings. The van der Waals surface area contributed by atoms with Crippen molar-refractivity contribution in [3.63, 3.8) is 0 Å². The van der Waals surface area contributed by atoms with E-state index in [9.17, 15) is 22.9 Å². The smallest absolute Gasteiger partial charge is 0.267 e. The second-order valence-electron chi connectivity index (χ2n) is 14.3. The fourth-order valence-electron chi connectivity index (χ4n) is 6.27. The summed E-state index contributed by atoms with van der Waals surface area (Å²) in [4.78, 5) is 12.5. The zero-order chi connectivity index (χ0) is 35.4. The van der Waals surface area contributed by atoms with Crippen LogP contribution in [-0.2, 0) is 14.9 Å². The van der Waals surface area contributed by atoms with Gasteiger partial charge < -0.3 is 10.4 Å². The van der Waals surface area contributed by atoms with Crippen molar-refractivity contribution in [1.29, 1.82) is 0 Å². The molecule has 0 fully saturated rings. The summed E-state index contributed by atoms with van der Waals surface area (Å²) in [6, 6.07) is -1.06. The number of rotatable bonds is 37. The first-order valence-corrected chi connectivity index (χ1v) is 22.1. The molecule has 0 bridgehead atoms. The fourth-order valence-corrected chi connectivity index (χ4v) is 7.00. The molecule has 0 aromatic heterocycles. The van der Waals surface area contributed by atoms with E-state index >= 15 is 0 Å². The van der Waals surface area contributed by atoms with E-state index in [1.54, 1.807) is 6.08 Å². The van der Waals surface area contributed by atoms with Crippen LogP contribution in [0, 0.1) is 0 Å². The average molecular weight is 698 g/mol. The van der Waals surface area contributed by atoms with Gasteiger partial charge in [0.15, 0.2) is 0 Å². The molecule has 0 heterocycles. The van der Waals surface area contributed by atoms with E-state index in [1.807, 2.05) is 6.08 Å². The van der Waals surface area contributed by atoms with Crippen LogP contribution >= 0.6 is 0 Å². The van der Waals surface area contributed by atoms with Gasteiger partial charge in [-0.15, -0.1) is 0 Å². The zero-order valence-corrected chi connectivity index (χ0v) is 32.4. The molecule has 3 N–H and O–H groups in total. The molecule has 0 rings (SSSR count). The summed E-state index contributed by atoms with van der Waals surface area (Å²) in [5, 5.41) is 13.2. The normalized spacial score (nSPS) is 13.5. The van der Waals surface area contributed by atoms with Gasteiger partial charge in [0.1, 0.15) is 0 Å². The summed E-state index contributed by atoms with van der Waals surface area (Å²) in [5.41, 5.74) is 0. The van der Waals surface area contributed by atoms with Crippen molar-refractivity contribution in [3.8, 4) is 0 Å². The van der Waals surface area contributed by atoms with E-state index < -0.39 is 28.0 Å². The highest BCUT2D eigenvalue weighted by atomic mass is 32.2. The number of aliphatic hydroxyl groups excluding tert-OH is 1. The van der Waals surface area contributed by atoms with Crippen LogP contribution in [0.5, 0.6) is 0 Å². The molecule has 2 unspecified atom stereocenters. The van der Waals surface area contributed by atoms with Gasteiger partial charge in [0, 0.05) is 6.42 Å². The first-order valence-electron chi connectivity index (χ1n) is 20.5. The highest BCUT2D eigenvalue weighted by Crippen LogP contribution is 2.15. The molecule has 0 saturated heterocycles. The molecule has 0 spiro atoms. The molecule has 7 heteroatoms. The zero-order valence-electron chi connectivity index (χ0n) is 31.6. The predicted octanol–water partition coefficient (Wildman–Crippen LogP) is 12.0. The van der Waals surface area contributed by atoms with Gasteiger partial charge in [-0.1, -0.05) is 186 Å². The number of unbranched alkanes of at least 4 members (excludes halogenated alkanes) is 27. The first-order chi connectivity index (χ1) is 23.3. The number of aliphatic hydroxyl groups is 1. The Morgan fingerprint density at radius 3 is 1.25 bits per heavy atom. The van der Waals surface area contributed by atoms with Crippen molar-refractivity contribution in [3.05, 3.63) is 24.3 Å². The summed E-state index contributed by atoms with van der Waals surface area (Å²) >= 11 is 0. The number of amides is 1. The van der Waals surface area contributed by atoms with Gasteiger partial charge in [-0.05, 0) is 44.9 Å². The van der Waals surface area contributed by atoms with Gasteiger partial charge in [-0.25, -0.2) is 0 Å². The molecule has 0 aliphatic carbocycles. The van der Waals surface area contributed by atoms with Crippen LogP contribution < -0.4 is 5.32 Å². The second kappa shape index (κ2) is 35.6. The topological polar surface area (TPSA) is 104 Å². The SMILES string of the molecule is CCCCCCCCC/C=C\CCCCCCCC(=O)NC(CS(=O)(=O)O)C(O)/C=C/CCCCCCCCCCCCCCCCC. The molecule has 48 heavy (non-hydrogen) atoms. The Labute approximate surface area is 298 Å². The molecule has 0 aromatic carbocycles. The number of hydrogen-bond donors (Lipinski definition) is 3.